The van der Waals surface area contributed by atoms with Gasteiger partial charge in [0.25, 0.3) is 11.6 Å². The van der Waals surface area contributed by atoms with Gasteiger partial charge in [-0.15, -0.1) is 0 Å². The first-order valence-corrected chi connectivity index (χ1v) is 11.2. The molecule has 14 heteroatoms. The van der Waals surface area contributed by atoms with Crippen LogP contribution in [0.5, 0.6) is 0 Å². The average molecular weight is 513 g/mol. The van der Waals surface area contributed by atoms with E-state index in [0.717, 1.165) is 12.6 Å². The molecule has 0 atom stereocenters. The number of halogens is 1. The highest BCUT2D eigenvalue weighted by Crippen LogP contribution is 2.32. The Morgan fingerprint density at radius 1 is 1.00 bits per heavy atom. The molecule has 0 bridgehead atoms. The molecule has 1 fully saturated rings. The third kappa shape index (κ3) is 5.64. The molecular formula is C22H21ClN8O5. The number of hydrazine groups is 1. The highest BCUT2D eigenvalue weighted by atomic mass is 35.5. The van der Waals surface area contributed by atoms with E-state index in [-0.39, 0.29) is 22.2 Å². The number of nitrogens with zero attached hydrogens (tertiary/aromatic N) is 6. The minimum absolute atomic E-state index is 0.0647. The van der Waals surface area contributed by atoms with Crippen LogP contribution in [0.15, 0.2) is 54.9 Å². The van der Waals surface area contributed by atoms with E-state index in [9.17, 15) is 25.0 Å². The molecule has 1 aromatic heterocycles. The topological polar surface area (TPSA) is 160 Å². The van der Waals surface area contributed by atoms with E-state index in [4.69, 9.17) is 11.6 Å². The third-order valence-electron chi connectivity index (χ3n) is 5.61. The van der Waals surface area contributed by atoms with Crippen LogP contribution in [-0.2, 0) is 6.54 Å². The monoisotopic (exact) mass is 512 g/mol. The molecule has 13 nitrogen and oxygen atoms in total. The predicted molar refractivity (Wildman–Crippen MR) is 132 cm³/mol. The molecular weight excluding hydrogens is 492 g/mol. The predicted octanol–water partition coefficient (Wildman–Crippen LogP) is 3.03. The van der Waals surface area contributed by atoms with Crippen molar-refractivity contribution >= 4 is 40.5 Å². The lowest BCUT2D eigenvalue weighted by Gasteiger charge is -2.35. The molecule has 1 saturated heterocycles. The molecule has 1 aliphatic heterocycles. The van der Waals surface area contributed by atoms with Gasteiger partial charge in [-0.2, -0.15) is 0 Å². The molecule has 1 amide bonds. The third-order valence-corrected chi connectivity index (χ3v) is 5.93. The Balaban J connectivity index is 1.45. The Kier molecular flexibility index (Phi) is 7.51. The van der Waals surface area contributed by atoms with E-state index < -0.39 is 27.1 Å². The lowest BCUT2D eigenvalue weighted by atomic mass is 10.2. The van der Waals surface area contributed by atoms with Gasteiger partial charge >= 0.3 is 5.69 Å². The van der Waals surface area contributed by atoms with Gasteiger partial charge in [-0.25, -0.2) is 9.97 Å². The first-order chi connectivity index (χ1) is 17.3. The smallest absolute Gasteiger partial charge is 0.348 e. The number of anilines is 2. The van der Waals surface area contributed by atoms with E-state index >= 15 is 0 Å². The van der Waals surface area contributed by atoms with Crippen molar-refractivity contribution in [1.29, 1.82) is 0 Å². The summed E-state index contributed by atoms with van der Waals surface area (Å²) in [6.07, 6.45) is 1.17. The Bertz CT molecular complexity index is 1280. The van der Waals surface area contributed by atoms with Crippen molar-refractivity contribution in [1.82, 2.24) is 20.3 Å². The van der Waals surface area contributed by atoms with Crippen LogP contribution in [0, 0.1) is 20.2 Å². The number of carbonyl (C=O) groups excluding carboxylic acids is 1. The maximum atomic E-state index is 12.5. The quantitative estimate of drug-likeness (QED) is 0.339. The van der Waals surface area contributed by atoms with Crippen LogP contribution >= 0.6 is 11.6 Å². The maximum Gasteiger partial charge on any atom is 0.355 e. The summed E-state index contributed by atoms with van der Waals surface area (Å²) in [6.45, 7) is 3.19. The van der Waals surface area contributed by atoms with Crippen molar-refractivity contribution in [2.75, 3.05) is 36.5 Å². The highest BCUT2D eigenvalue weighted by Gasteiger charge is 2.29. The van der Waals surface area contributed by atoms with Crippen LogP contribution in [-0.4, -0.2) is 56.8 Å². The number of piperazine rings is 1. The van der Waals surface area contributed by atoms with Gasteiger partial charge < -0.3 is 4.90 Å². The maximum absolute atomic E-state index is 12.5. The minimum Gasteiger partial charge on any atom is -0.348 e. The van der Waals surface area contributed by atoms with Crippen molar-refractivity contribution in [3.8, 4) is 0 Å². The molecule has 1 aliphatic rings. The summed E-state index contributed by atoms with van der Waals surface area (Å²) < 4.78 is 0. The van der Waals surface area contributed by atoms with Gasteiger partial charge in [0.15, 0.2) is 0 Å². The summed E-state index contributed by atoms with van der Waals surface area (Å²) in [5, 5.41) is 22.9. The van der Waals surface area contributed by atoms with Crippen molar-refractivity contribution in [2.45, 2.75) is 6.54 Å². The van der Waals surface area contributed by atoms with E-state index in [2.05, 4.69) is 37.9 Å². The molecule has 0 spiro atoms. The molecule has 0 aliphatic carbocycles. The minimum atomic E-state index is -0.765. The number of benzene rings is 2. The lowest BCUT2D eigenvalue weighted by molar-refractivity contribution is -0.384. The Hall–Kier alpha value is -4.36. The standard InChI is InChI=1S/C22H21ClN8O5/c23-17-7-6-16(12-18(17)30(33)34)22(32)27-26-20-19(31(35)36)21(25-14-24-20)29-10-8-28(9-11-29)13-15-4-2-1-3-5-15/h1-7,12,14H,8-11,13H2,(H,27,32)(H,24,25,26). The van der Waals surface area contributed by atoms with Gasteiger partial charge in [0.1, 0.15) is 11.3 Å². The Morgan fingerprint density at radius 2 is 1.72 bits per heavy atom. The van der Waals surface area contributed by atoms with Crippen LogP contribution in [0.1, 0.15) is 15.9 Å². The van der Waals surface area contributed by atoms with Crippen LogP contribution in [0.3, 0.4) is 0 Å². The van der Waals surface area contributed by atoms with Crippen LogP contribution in [0.2, 0.25) is 5.02 Å². The van der Waals surface area contributed by atoms with Gasteiger partial charge in [-0.1, -0.05) is 41.9 Å². The Labute approximate surface area is 210 Å². The molecule has 2 heterocycles. The first kappa shape index (κ1) is 24.8. The largest absolute Gasteiger partial charge is 0.355 e. The summed E-state index contributed by atoms with van der Waals surface area (Å²) >= 11 is 5.78. The molecule has 0 saturated carbocycles. The summed E-state index contributed by atoms with van der Waals surface area (Å²) in [5.41, 5.74) is 5.02. The summed E-state index contributed by atoms with van der Waals surface area (Å²) in [7, 11) is 0. The zero-order valence-corrected chi connectivity index (χ0v) is 19.6. The van der Waals surface area contributed by atoms with Gasteiger partial charge in [0.05, 0.1) is 9.85 Å². The number of aromatic nitrogens is 2. The van der Waals surface area contributed by atoms with Gasteiger partial charge in [-0.05, 0) is 17.7 Å². The molecule has 0 radical (unpaired) electrons. The van der Waals surface area contributed by atoms with E-state index in [1.807, 2.05) is 18.2 Å². The number of nitrogens with one attached hydrogen (secondary N) is 2. The van der Waals surface area contributed by atoms with Gasteiger partial charge in [0.2, 0.25) is 11.6 Å². The van der Waals surface area contributed by atoms with E-state index in [0.29, 0.717) is 26.2 Å². The molecule has 4 rings (SSSR count). The Morgan fingerprint density at radius 3 is 2.39 bits per heavy atom. The summed E-state index contributed by atoms with van der Waals surface area (Å²) in [4.78, 5) is 46.2. The van der Waals surface area contributed by atoms with Crippen LogP contribution in [0.25, 0.3) is 0 Å². The molecule has 186 valence electrons. The summed E-state index contributed by atoms with van der Waals surface area (Å²) in [5.74, 6) is -0.847. The fourth-order valence-electron chi connectivity index (χ4n) is 3.80. The second-order valence-corrected chi connectivity index (χ2v) is 8.31. The number of amides is 1. The van der Waals surface area contributed by atoms with Crippen molar-refractivity contribution in [2.24, 2.45) is 0 Å². The number of hydrogen-bond acceptors (Lipinski definition) is 10. The number of carbonyl (C=O) groups is 1. The van der Waals surface area contributed by atoms with E-state index in [1.165, 1.54) is 24.0 Å². The second-order valence-electron chi connectivity index (χ2n) is 7.90. The zero-order valence-electron chi connectivity index (χ0n) is 18.8. The molecule has 2 aromatic carbocycles. The van der Waals surface area contributed by atoms with Crippen molar-refractivity contribution < 1.29 is 14.6 Å². The number of nitro benzene ring substituents is 1. The van der Waals surface area contributed by atoms with Crippen LogP contribution < -0.4 is 15.8 Å². The first-order valence-electron chi connectivity index (χ1n) is 10.8. The normalized spacial score (nSPS) is 13.8. The molecule has 2 N–H and O–H groups in total. The number of hydrogen-bond donors (Lipinski definition) is 2. The number of rotatable bonds is 8. The fourth-order valence-corrected chi connectivity index (χ4v) is 3.99. The second kappa shape index (κ2) is 10.9. The van der Waals surface area contributed by atoms with Crippen molar-refractivity contribution in [3.63, 3.8) is 0 Å². The molecule has 3 aromatic rings. The summed E-state index contributed by atoms with van der Waals surface area (Å²) in [6, 6.07) is 13.6. The van der Waals surface area contributed by atoms with Gasteiger partial charge in [-0.3, -0.25) is 40.8 Å². The van der Waals surface area contributed by atoms with Crippen molar-refractivity contribution in [3.05, 3.63) is 91.2 Å². The SMILES string of the molecule is O=C(NNc1ncnc(N2CCN(Cc3ccccc3)CC2)c1[N+](=O)[O-])c1ccc(Cl)c([N+](=O)[O-])c1. The molecule has 0 unspecified atom stereocenters. The van der Waals surface area contributed by atoms with Gasteiger partial charge in [0, 0.05) is 44.4 Å². The number of nitro groups is 2. The van der Waals surface area contributed by atoms with E-state index in [1.54, 1.807) is 4.90 Å². The highest BCUT2D eigenvalue weighted by molar-refractivity contribution is 6.32. The average Bonchev–Trinajstić information content (AvgIpc) is 2.88. The fraction of sp³-hybridized carbons (Fsp3) is 0.227. The van der Waals surface area contributed by atoms with Crippen LogP contribution in [0.4, 0.5) is 23.0 Å². The molecule has 36 heavy (non-hydrogen) atoms. The zero-order chi connectivity index (χ0) is 25.7. The lowest BCUT2D eigenvalue weighted by Crippen LogP contribution is -2.46.